The first kappa shape index (κ1) is 14.0. The van der Waals surface area contributed by atoms with Crippen molar-refractivity contribution >= 4 is 38.0 Å². The van der Waals surface area contributed by atoms with Crippen molar-refractivity contribution in [2.75, 3.05) is 13.2 Å². The monoisotopic (exact) mass is 309 g/mol. The van der Waals surface area contributed by atoms with Crippen molar-refractivity contribution in [1.82, 2.24) is 4.90 Å². The van der Waals surface area contributed by atoms with Gasteiger partial charge in [-0.3, -0.25) is 4.79 Å². The van der Waals surface area contributed by atoms with Crippen LogP contribution in [-0.2, 0) is 0 Å². The highest BCUT2D eigenvalue weighted by Crippen LogP contribution is 2.32. The Kier molecular flexibility index (Phi) is 4.38. The molecule has 0 unspecified atom stereocenters. The third-order valence-electron chi connectivity index (χ3n) is 3.97. The molecule has 2 aromatic heterocycles. The smallest absolute Gasteiger partial charge is 0.264 e. The second-order valence-electron chi connectivity index (χ2n) is 5.27. The van der Waals surface area contributed by atoms with Gasteiger partial charge in [0.1, 0.15) is 0 Å². The van der Waals surface area contributed by atoms with Crippen molar-refractivity contribution in [3.63, 3.8) is 0 Å². The maximum atomic E-state index is 12.7. The largest absolute Gasteiger partial charge is 0.395 e. The van der Waals surface area contributed by atoms with Crippen LogP contribution in [0.2, 0.25) is 0 Å². The number of carbonyl (C=O) groups is 1. The molecule has 1 amide bonds. The third-order valence-corrected chi connectivity index (χ3v) is 6.05. The summed E-state index contributed by atoms with van der Waals surface area (Å²) in [5.74, 6) is 0.0966. The summed E-state index contributed by atoms with van der Waals surface area (Å²) in [5.41, 5.74) is 0. The average Bonchev–Trinajstić information content (AvgIpc) is 3.06. The number of carbonyl (C=O) groups excluding carboxylic acids is 1. The molecule has 1 aliphatic carbocycles. The molecule has 1 fully saturated rings. The van der Waals surface area contributed by atoms with Crippen molar-refractivity contribution in [3.8, 4) is 0 Å². The predicted octanol–water partition coefficient (Wildman–Crippen LogP) is 3.73. The molecule has 2 aromatic rings. The van der Waals surface area contributed by atoms with Gasteiger partial charge in [-0.05, 0) is 30.4 Å². The van der Waals surface area contributed by atoms with Crippen LogP contribution in [0.4, 0.5) is 0 Å². The molecule has 5 heteroatoms. The Labute approximate surface area is 126 Å². The van der Waals surface area contributed by atoms with Crippen LogP contribution in [0.1, 0.15) is 41.8 Å². The highest BCUT2D eigenvalue weighted by atomic mass is 32.1. The average molecular weight is 309 g/mol. The topological polar surface area (TPSA) is 40.5 Å². The second kappa shape index (κ2) is 6.24. The lowest BCUT2D eigenvalue weighted by atomic mass is 9.94. The van der Waals surface area contributed by atoms with Crippen LogP contribution in [0.25, 0.3) is 9.40 Å². The van der Waals surface area contributed by atoms with E-state index in [0.717, 1.165) is 17.7 Å². The van der Waals surface area contributed by atoms with Gasteiger partial charge in [-0.1, -0.05) is 19.3 Å². The van der Waals surface area contributed by atoms with Gasteiger partial charge in [0.05, 0.1) is 11.5 Å². The van der Waals surface area contributed by atoms with Crippen LogP contribution in [0.15, 0.2) is 17.5 Å². The SMILES string of the molecule is O=C(c1cc2sccc2s1)N(CCO)C1CCCCC1. The molecule has 2 heterocycles. The number of rotatable bonds is 4. The van der Waals surface area contributed by atoms with Gasteiger partial charge in [-0.25, -0.2) is 0 Å². The Hall–Kier alpha value is -0.910. The Morgan fingerprint density at radius 2 is 2.10 bits per heavy atom. The minimum Gasteiger partial charge on any atom is -0.395 e. The van der Waals surface area contributed by atoms with Crippen molar-refractivity contribution < 1.29 is 9.90 Å². The summed E-state index contributed by atoms with van der Waals surface area (Å²) >= 11 is 3.24. The molecule has 20 heavy (non-hydrogen) atoms. The normalized spacial score (nSPS) is 16.6. The molecule has 3 rings (SSSR count). The van der Waals surface area contributed by atoms with Gasteiger partial charge < -0.3 is 10.0 Å². The summed E-state index contributed by atoms with van der Waals surface area (Å²) in [7, 11) is 0. The lowest BCUT2D eigenvalue weighted by Gasteiger charge is -2.33. The van der Waals surface area contributed by atoms with E-state index in [9.17, 15) is 9.90 Å². The van der Waals surface area contributed by atoms with Crippen molar-refractivity contribution in [1.29, 1.82) is 0 Å². The zero-order valence-electron chi connectivity index (χ0n) is 11.4. The fraction of sp³-hybridized carbons (Fsp3) is 0.533. The summed E-state index contributed by atoms with van der Waals surface area (Å²) in [4.78, 5) is 15.4. The van der Waals surface area contributed by atoms with Crippen LogP contribution in [0, 0.1) is 0 Å². The van der Waals surface area contributed by atoms with E-state index in [1.807, 2.05) is 11.0 Å². The molecular formula is C15H19NO2S2. The highest BCUT2D eigenvalue weighted by Gasteiger charge is 2.26. The number of amides is 1. The number of hydrogen-bond donors (Lipinski definition) is 1. The number of thiophene rings is 2. The fourth-order valence-electron chi connectivity index (χ4n) is 2.96. The summed E-state index contributed by atoms with van der Waals surface area (Å²) < 4.78 is 2.37. The van der Waals surface area contributed by atoms with Gasteiger partial charge in [0.2, 0.25) is 0 Å². The van der Waals surface area contributed by atoms with Crippen molar-refractivity contribution in [3.05, 3.63) is 22.4 Å². The first-order chi connectivity index (χ1) is 9.79. The van der Waals surface area contributed by atoms with Gasteiger partial charge in [-0.15, -0.1) is 22.7 Å². The van der Waals surface area contributed by atoms with Crippen LogP contribution in [0.3, 0.4) is 0 Å². The lowest BCUT2D eigenvalue weighted by molar-refractivity contribution is 0.0590. The molecule has 0 spiro atoms. The van der Waals surface area contributed by atoms with Gasteiger partial charge in [-0.2, -0.15) is 0 Å². The van der Waals surface area contributed by atoms with Crippen LogP contribution in [0.5, 0.6) is 0 Å². The van der Waals surface area contributed by atoms with Crippen LogP contribution in [-0.4, -0.2) is 35.1 Å². The molecule has 1 aliphatic rings. The van der Waals surface area contributed by atoms with Gasteiger partial charge in [0.25, 0.3) is 5.91 Å². The number of nitrogens with zero attached hydrogens (tertiary/aromatic N) is 1. The number of aliphatic hydroxyl groups is 1. The van der Waals surface area contributed by atoms with Crippen molar-refractivity contribution in [2.45, 2.75) is 38.1 Å². The zero-order chi connectivity index (χ0) is 13.9. The molecular weight excluding hydrogens is 290 g/mol. The van der Waals surface area contributed by atoms with Gasteiger partial charge in [0.15, 0.2) is 0 Å². The van der Waals surface area contributed by atoms with Gasteiger partial charge >= 0.3 is 0 Å². The van der Waals surface area contributed by atoms with E-state index < -0.39 is 0 Å². The Morgan fingerprint density at radius 1 is 1.30 bits per heavy atom. The predicted molar refractivity (Wildman–Crippen MR) is 84.7 cm³/mol. The maximum Gasteiger partial charge on any atom is 0.264 e. The minimum absolute atomic E-state index is 0.0436. The number of hydrogen-bond acceptors (Lipinski definition) is 4. The summed E-state index contributed by atoms with van der Waals surface area (Å²) in [6.07, 6.45) is 5.81. The molecule has 0 bridgehead atoms. The molecule has 0 aliphatic heterocycles. The molecule has 0 aromatic carbocycles. The number of fused-ring (bicyclic) bond motifs is 1. The molecule has 108 valence electrons. The van der Waals surface area contributed by atoms with Crippen LogP contribution >= 0.6 is 22.7 Å². The highest BCUT2D eigenvalue weighted by molar-refractivity contribution is 7.27. The van der Waals surface area contributed by atoms with E-state index in [1.54, 1.807) is 22.7 Å². The molecule has 0 saturated heterocycles. The van der Waals surface area contributed by atoms with E-state index in [1.165, 1.54) is 28.7 Å². The second-order valence-corrected chi connectivity index (χ2v) is 7.31. The van der Waals surface area contributed by atoms with E-state index in [0.29, 0.717) is 12.6 Å². The summed E-state index contributed by atoms with van der Waals surface area (Å²) in [6.45, 7) is 0.497. The van der Waals surface area contributed by atoms with Crippen molar-refractivity contribution in [2.24, 2.45) is 0 Å². The van der Waals surface area contributed by atoms with E-state index in [-0.39, 0.29) is 12.5 Å². The lowest BCUT2D eigenvalue weighted by Crippen LogP contribution is -2.42. The Balaban J connectivity index is 1.82. The fourth-order valence-corrected chi connectivity index (χ4v) is 5.03. The third kappa shape index (κ3) is 2.75. The summed E-state index contributed by atoms with van der Waals surface area (Å²) in [6, 6.07) is 4.38. The number of aliphatic hydroxyl groups excluding tert-OH is 1. The quantitative estimate of drug-likeness (QED) is 0.935. The molecule has 1 saturated carbocycles. The summed E-state index contributed by atoms with van der Waals surface area (Å²) in [5, 5.41) is 11.3. The zero-order valence-corrected chi connectivity index (χ0v) is 13.0. The minimum atomic E-state index is 0.0436. The van der Waals surface area contributed by atoms with Crippen LogP contribution < -0.4 is 0 Å². The maximum absolute atomic E-state index is 12.7. The Bertz CT molecular complexity index is 555. The molecule has 3 nitrogen and oxygen atoms in total. The first-order valence-corrected chi connectivity index (χ1v) is 8.88. The Morgan fingerprint density at radius 3 is 2.80 bits per heavy atom. The van der Waals surface area contributed by atoms with E-state index in [2.05, 4.69) is 11.4 Å². The molecule has 0 atom stereocenters. The van der Waals surface area contributed by atoms with E-state index >= 15 is 0 Å². The standard InChI is InChI=1S/C15H19NO2S2/c17-8-7-16(11-4-2-1-3-5-11)15(18)14-10-13-12(20-14)6-9-19-13/h6,9-11,17H,1-5,7-8H2. The first-order valence-electron chi connectivity index (χ1n) is 7.18. The van der Waals surface area contributed by atoms with E-state index in [4.69, 9.17) is 0 Å². The molecule has 0 radical (unpaired) electrons. The van der Waals surface area contributed by atoms with Gasteiger partial charge in [0, 0.05) is 22.0 Å². The molecule has 1 N–H and O–H groups in total.